The molecule has 0 unspecified atom stereocenters. The maximum absolute atomic E-state index is 11.3. The summed E-state index contributed by atoms with van der Waals surface area (Å²) < 4.78 is 4.71. The van der Waals surface area contributed by atoms with Gasteiger partial charge < -0.3 is 9.84 Å². The van der Waals surface area contributed by atoms with Crippen molar-refractivity contribution >= 4 is 11.8 Å². The zero-order valence-corrected chi connectivity index (χ0v) is 9.59. The highest BCUT2D eigenvalue weighted by atomic mass is 16.6. The number of H-pyrrole nitrogens is 1. The van der Waals surface area contributed by atoms with Crippen molar-refractivity contribution in [1.29, 1.82) is 0 Å². The van der Waals surface area contributed by atoms with Gasteiger partial charge in [0.2, 0.25) is 0 Å². The Hall–Kier alpha value is -2.34. The number of carbonyl (C=O) groups is 1. The van der Waals surface area contributed by atoms with E-state index in [4.69, 9.17) is 9.84 Å². The molecule has 0 radical (unpaired) electrons. The summed E-state index contributed by atoms with van der Waals surface area (Å²) in [7, 11) is 0. The second-order valence-corrected chi connectivity index (χ2v) is 3.54. The number of aliphatic hydroxyl groups is 1. The minimum absolute atomic E-state index is 0.0218. The van der Waals surface area contributed by atoms with Crippen LogP contribution in [-0.4, -0.2) is 34.6 Å². The number of amides is 1. The van der Waals surface area contributed by atoms with Crippen molar-refractivity contribution in [2.75, 3.05) is 18.5 Å². The number of nitrogens with one attached hydrogen (secondary N) is 2. The van der Waals surface area contributed by atoms with Gasteiger partial charge >= 0.3 is 6.09 Å². The molecule has 3 N–H and O–H groups in total. The van der Waals surface area contributed by atoms with Crippen LogP contribution in [0.3, 0.4) is 0 Å². The molecular weight excluding hydrogens is 234 g/mol. The van der Waals surface area contributed by atoms with E-state index < -0.39 is 6.09 Å². The number of ether oxygens (including phenoxy) is 1. The standard InChI is InChI=1S/C12H13N3O3/c16-6-7-18-12(17)14-10-3-1-2-9(8-10)11-4-5-13-15-11/h1-5,8,16H,6-7H2,(H,13,15)(H,14,17). The number of aliphatic hydroxyl groups excluding tert-OH is 1. The van der Waals surface area contributed by atoms with Crippen molar-refractivity contribution < 1.29 is 14.6 Å². The van der Waals surface area contributed by atoms with Crippen LogP contribution in [0.1, 0.15) is 0 Å². The summed E-state index contributed by atoms with van der Waals surface area (Å²) in [5.41, 5.74) is 2.39. The Morgan fingerprint density at radius 3 is 3.06 bits per heavy atom. The van der Waals surface area contributed by atoms with Crippen LogP contribution in [0.5, 0.6) is 0 Å². The zero-order chi connectivity index (χ0) is 12.8. The van der Waals surface area contributed by atoms with E-state index in [1.807, 2.05) is 18.2 Å². The topological polar surface area (TPSA) is 87.2 Å². The molecule has 0 aliphatic carbocycles. The highest BCUT2D eigenvalue weighted by Gasteiger charge is 2.04. The van der Waals surface area contributed by atoms with Crippen LogP contribution in [0.15, 0.2) is 36.5 Å². The summed E-state index contributed by atoms with van der Waals surface area (Å²) in [6.45, 7) is -0.215. The Balaban J connectivity index is 2.06. The molecular formula is C12H13N3O3. The van der Waals surface area contributed by atoms with Gasteiger partial charge in [0, 0.05) is 17.4 Å². The second kappa shape index (κ2) is 5.83. The summed E-state index contributed by atoms with van der Waals surface area (Å²) in [4.78, 5) is 11.3. The molecule has 0 spiro atoms. The quantitative estimate of drug-likeness (QED) is 0.766. The van der Waals surface area contributed by atoms with Crippen LogP contribution in [0, 0.1) is 0 Å². The average molecular weight is 247 g/mol. The molecule has 1 amide bonds. The van der Waals surface area contributed by atoms with E-state index in [-0.39, 0.29) is 13.2 Å². The van der Waals surface area contributed by atoms with Crippen molar-refractivity contribution in [3.8, 4) is 11.3 Å². The normalized spacial score (nSPS) is 10.1. The highest BCUT2D eigenvalue weighted by Crippen LogP contribution is 2.20. The fourth-order valence-electron chi connectivity index (χ4n) is 1.47. The van der Waals surface area contributed by atoms with Crippen LogP contribution >= 0.6 is 0 Å². The summed E-state index contributed by atoms with van der Waals surface area (Å²) in [6.07, 6.45) is 1.07. The molecule has 6 heteroatoms. The number of nitrogens with zero attached hydrogens (tertiary/aromatic N) is 1. The molecule has 1 aromatic heterocycles. The maximum atomic E-state index is 11.3. The number of carbonyl (C=O) groups excluding carboxylic acids is 1. The van der Waals surface area contributed by atoms with Gasteiger partial charge in [-0.25, -0.2) is 4.79 Å². The zero-order valence-electron chi connectivity index (χ0n) is 9.59. The number of benzene rings is 1. The lowest BCUT2D eigenvalue weighted by Gasteiger charge is -2.06. The molecule has 1 aromatic carbocycles. The van der Waals surface area contributed by atoms with E-state index in [0.717, 1.165) is 11.3 Å². The molecule has 6 nitrogen and oxygen atoms in total. The van der Waals surface area contributed by atoms with Crippen LogP contribution in [0.25, 0.3) is 11.3 Å². The molecule has 18 heavy (non-hydrogen) atoms. The van der Waals surface area contributed by atoms with Crippen molar-refractivity contribution in [3.05, 3.63) is 36.5 Å². The number of hydrogen-bond acceptors (Lipinski definition) is 4. The Morgan fingerprint density at radius 2 is 2.33 bits per heavy atom. The maximum Gasteiger partial charge on any atom is 0.411 e. The van der Waals surface area contributed by atoms with E-state index in [2.05, 4.69) is 15.5 Å². The molecule has 2 rings (SSSR count). The summed E-state index contributed by atoms with van der Waals surface area (Å²) >= 11 is 0. The van der Waals surface area contributed by atoms with Crippen molar-refractivity contribution in [2.24, 2.45) is 0 Å². The molecule has 94 valence electrons. The number of aromatic amines is 1. The second-order valence-electron chi connectivity index (χ2n) is 3.54. The lowest BCUT2D eigenvalue weighted by atomic mass is 10.1. The lowest BCUT2D eigenvalue weighted by molar-refractivity contribution is 0.131. The lowest BCUT2D eigenvalue weighted by Crippen LogP contribution is -2.15. The Morgan fingerprint density at radius 1 is 1.44 bits per heavy atom. The number of hydrogen-bond donors (Lipinski definition) is 3. The predicted molar refractivity (Wildman–Crippen MR) is 66.1 cm³/mol. The van der Waals surface area contributed by atoms with Crippen LogP contribution in [0.2, 0.25) is 0 Å². The molecule has 0 atom stereocenters. The van der Waals surface area contributed by atoms with Gasteiger partial charge in [0.25, 0.3) is 0 Å². The molecule has 0 aliphatic heterocycles. The third kappa shape index (κ3) is 3.08. The first-order valence-electron chi connectivity index (χ1n) is 5.44. The number of aromatic nitrogens is 2. The largest absolute Gasteiger partial charge is 0.447 e. The average Bonchev–Trinajstić information content (AvgIpc) is 2.90. The first-order chi connectivity index (χ1) is 8.79. The highest BCUT2D eigenvalue weighted by molar-refractivity contribution is 5.85. The van der Waals surface area contributed by atoms with Crippen molar-refractivity contribution in [3.63, 3.8) is 0 Å². The third-order valence-corrected chi connectivity index (χ3v) is 2.25. The first-order valence-corrected chi connectivity index (χ1v) is 5.44. The van der Waals surface area contributed by atoms with Gasteiger partial charge in [0.05, 0.1) is 12.3 Å². The van der Waals surface area contributed by atoms with Gasteiger partial charge in [-0.15, -0.1) is 0 Å². The van der Waals surface area contributed by atoms with Gasteiger partial charge in [0.1, 0.15) is 6.61 Å². The number of rotatable bonds is 4. The van der Waals surface area contributed by atoms with Gasteiger partial charge in [0.15, 0.2) is 0 Å². The minimum atomic E-state index is -0.592. The predicted octanol–water partition coefficient (Wildman–Crippen LogP) is 1.62. The van der Waals surface area contributed by atoms with E-state index in [1.165, 1.54) is 0 Å². The SMILES string of the molecule is O=C(Nc1cccc(-c2ccn[nH]2)c1)OCCO. The van der Waals surface area contributed by atoms with Gasteiger partial charge in [-0.3, -0.25) is 10.4 Å². The molecule has 0 aliphatic rings. The molecule has 0 saturated heterocycles. The van der Waals surface area contributed by atoms with Crippen LogP contribution in [0.4, 0.5) is 10.5 Å². The Labute approximate surface area is 104 Å². The molecule has 1 heterocycles. The fourth-order valence-corrected chi connectivity index (χ4v) is 1.47. The molecule has 0 fully saturated rings. The van der Waals surface area contributed by atoms with Crippen LogP contribution in [-0.2, 0) is 4.74 Å². The summed E-state index contributed by atoms with van der Waals surface area (Å²) in [6, 6.07) is 9.10. The summed E-state index contributed by atoms with van der Waals surface area (Å²) in [5, 5.41) is 17.8. The number of anilines is 1. The molecule has 0 saturated carbocycles. The molecule has 2 aromatic rings. The van der Waals surface area contributed by atoms with Gasteiger partial charge in [-0.2, -0.15) is 5.10 Å². The van der Waals surface area contributed by atoms with E-state index in [0.29, 0.717) is 5.69 Å². The van der Waals surface area contributed by atoms with Crippen LogP contribution < -0.4 is 5.32 Å². The Kier molecular flexibility index (Phi) is 3.93. The molecule has 0 bridgehead atoms. The van der Waals surface area contributed by atoms with E-state index >= 15 is 0 Å². The van der Waals surface area contributed by atoms with E-state index in [1.54, 1.807) is 18.3 Å². The fraction of sp³-hybridized carbons (Fsp3) is 0.167. The van der Waals surface area contributed by atoms with Gasteiger partial charge in [-0.05, 0) is 18.2 Å². The Bertz CT molecular complexity index is 511. The van der Waals surface area contributed by atoms with E-state index in [9.17, 15) is 4.79 Å². The minimum Gasteiger partial charge on any atom is -0.447 e. The third-order valence-electron chi connectivity index (χ3n) is 2.25. The first kappa shape index (κ1) is 12.1. The smallest absolute Gasteiger partial charge is 0.411 e. The van der Waals surface area contributed by atoms with Crippen molar-refractivity contribution in [2.45, 2.75) is 0 Å². The van der Waals surface area contributed by atoms with Crippen molar-refractivity contribution in [1.82, 2.24) is 10.2 Å². The summed E-state index contributed by atoms with van der Waals surface area (Å²) in [5.74, 6) is 0. The monoisotopic (exact) mass is 247 g/mol. The van der Waals surface area contributed by atoms with Gasteiger partial charge in [-0.1, -0.05) is 12.1 Å².